The average Bonchev–Trinajstić information content (AvgIpc) is 3.85. The Morgan fingerprint density at radius 2 is 1.03 bits per heavy atom. The monoisotopic (exact) mass is 972 g/mol. The molecule has 73 heavy (non-hydrogen) atoms. The quantitative estimate of drug-likeness (QED) is 0.126. The number of aromatic nitrogens is 6. The molecule has 6 heterocycles. The number of nitrogens with one attached hydrogen (secondary N) is 4. The van der Waals surface area contributed by atoms with Crippen LogP contribution in [0.5, 0.6) is 0 Å². The van der Waals surface area contributed by atoms with E-state index in [1.165, 1.54) is 0 Å². The molecule has 0 unspecified atom stereocenters. The standard InChI is InChI=1S/C30H31N5O2.C29H29N5O2/c1-19-25(20-12-14-21(15-13-20)30(16-8-17-30)34-28(36)37-29(2,3)4)35-24-11-7-18-31-26(24)33-23-10-6-5-9-22(23)27(35)32-19;1-28(2,3)36-27(35)33-29(15-7-16-29)20-13-11-19(12-14-20)24-18-31-26-21-8-4-5-9-22(21)32-25-23(34(24)26)10-6-17-30-25/h5-7,9-15,18H,8,16-17H2,1-4H3,(H,31,33)(H,34,36);4-6,8-14,17-18H,7,15-16H2,1-3H3,(H,30,32)(H,33,35). The second-order valence-corrected chi connectivity index (χ2v) is 21.4. The number of benzene rings is 4. The molecule has 4 N–H and O–H groups in total. The van der Waals surface area contributed by atoms with Crippen molar-refractivity contribution in [1.82, 2.24) is 39.7 Å². The van der Waals surface area contributed by atoms with Crippen molar-refractivity contribution in [1.29, 1.82) is 0 Å². The molecule has 12 rings (SSSR count). The lowest BCUT2D eigenvalue weighted by Gasteiger charge is -2.43. The first-order valence-electron chi connectivity index (χ1n) is 25.1. The van der Waals surface area contributed by atoms with Crippen LogP contribution in [0.3, 0.4) is 0 Å². The van der Waals surface area contributed by atoms with E-state index in [1.807, 2.05) is 90.2 Å². The highest BCUT2D eigenvalue weighted by molar-refractivity contribution is 5.88. The van der Waals surface area contributed by atoms with Crippen LogP contribution in [0.2, 0.25) is 0 Å². The highest BCUT2D eigenvalue weighted by Gasteiger charge is 2.42. The van der Waals surface area contributed by atoms with Gasteiger partial charge in [0.15, 0.2) is 11.6 Å². The Morgan fingerprint density at radius 1 is 0.562 bits per heavy atom. The van der Waals surface area contributed by atoms with Crippen molar-refractivity contribution in [2.45, 2.75) is 109 Å². The fourth-order valence-corrected chi connectivity index (χ4v) is 10.4. The van der Waals surface area contributed by atoms with Gasteiger partial charge in [-0.3, -0.25) is 9.13 Å². The van der Waals surface area contributed by atoms with Crippen LogP contribution in [0.25, 0.3) is 56.7 Å². The van der Waals surface area contributed by atoms with Crippen molar-refractivity contribution in [3.8, 4) is 56.7 Å². The van der Waals surface area contributed by atoms with E-state index < -0.39 is 11.2 Å². The predicted molar refractivity (Wildman–Crippen MR) is 286 cm³/mol. The van der Waals surface area contributed by atoms with Gasteiger partial charge in [-0.1, -0.05) is 72.8 Å². The molecule has 0 atom stereocenters. The van der Waals surface area contributed by atoms with Crippen LogP contribution in [0.15, 0.2) is 140 Å². The third-order valence-electron chi connectivity index (χ3n) is 14.0. The number of pyridine rings is 2. The van der Waals surface area contributed by atoms with Crippen LogP contribution in [0.1, 0.15) is 96.9 Å². The van der Waals surface area contributed by atoms with E-state index in [2.05, 4.69) is 126 Å². The molecule has 8 aromatic rings. The zero-order valence-electron chi connectivity index (χ0n) is 42.3. The molecular weight excluding hydrogens is 913 g/mol. The SMILES string of the molecule is CC(C)(C)OC(=O)NC1(c2ccc(-c3cnc4n3-c3cccnc3Nc3ccccc3-4)cc2)CCC1.Cc1nc2n(c1-c1ccc(C3(NC(=O)OC(C)(C)C)CCC3)cc1)-c1cccnc1Nc1ccccc1-2. The van der Waals surface area contributed by atoms with Crippen molar-refractivity contribution in [3.05, 3.63) is 157 Å². The first-order chi connectivity index (χ1) is 35.1. The largest absolute Gasteiger partial charge is 0.444 e. The summed E-state index contributed by atoms with van der Waals surface area (Å²) in [6.45, 7) is 13.3. The lowest BCUT2D eigenvalue weighted by molar-refractivity contribution is 0.0365. The molecule has 4 aromatic heterocycles. The number of rotatable bonds is 6. The minimum Gasteiger partial charge on any atom is -0.444 e. The van der Waals surface area contributed by atoms with Crippen molar-refractivity contribution in [2.24, 2.45) is 0 Å². The summed E-state index contributed by atoms with van der Waals surface area (Å²) in [5.74, 6) is 3.33. The van der Waals surface area contributed by atoms with Crippen LogP contribution in [-0.2, 0) is 20.6 Å². The summed E-state index contributed by atoms with van der Waals surface area (Å²) >= 11 is 0. The number of fused-ring (bicyclic) bond motifs is 10. The maximum atomic E-state index is 12.6. The number of hydrogen-bond donors (Lipinski definition) is 4. The molecule has 0 spiro atoms. The number of nitrogens with zero attached hydrogens (tertiary/aromatic N) is 6. The smallest absolute Gasteiger partial charge is 0.408 e. The van der Waals surface area contributed by atoms with Crippen LogP contribution in [0, 0.1) is 6.92 Å². The maximum absolute atomic E-state index is 12.6. The van der Waals surface area contributed by atoms with E-state index in [1.54, 1.807) is 12.4 Å². The van der Waals surface area contributed by atoms with Gasteiger partial charge in [0, 0.05) is 34.6 Å². The number of anilines is 4. The fourth-order valence-electron chi connectivity index (χ4n) is 10.4. The van der Waals surface area contributed by atoms with E-state index in [4.69, 9.17) is 19.4 Å². The second kappa shape index (κ2) is 18.1. The molecule has 4 aliphatic rings. The average molecular weight is 973 g/mol. The number of alkyl carbamates (subject to hydrolysis) is 2. The Hall–Kier alpha value is -8.26. The van der Waals surface area contributed by atoms with Crippen molar-refractivity contribution in [3.63, 3.8) is 0 Å². The number of carbonyl (C=O) groups is 2. The van der Waals surface area contributed by atoms with Gasteiger partial charge >= 0.3 is 12.2 Å². The van der Waals surface area contributed by atoms with E-state index in [9.17, 15) is 9.59 Å². The van der Waals surface area contributed by atoms with Gasteiger partial charge in [-0.15, -0.1) is 0 Å². The van der Waals surface area contributed by atoms with E-state index in [-0.39, 0.29) is 23.3 Å². The van der Waals surface area contributed by atoms with Crippen LogP contribution in [-0.4, -0.2) is 52.5 Å². The number of amides is 2. The number of carbonyl (C=O) groups excluding carboxylic acids is 2. The lowest BCUT2D eigenvalue weighted by atomic mass is 9.71. The van der Waals surface area contributed by atoms with Crippen LogP contribution in [0.4, 0.5) is 32.6 Å². The van der Waals surface area contributed by atoms with E-state index in [0.29, 0.717) is 0 Å². The summed E-state index contributed by atoms with van der Waals surface area (Å²) in [5.41, 5.74) is 11.3. The molecule has 2 aliphatic carbocycles. The van der Waals surface area contributed by atoms with Gasteiger partial charge in [-0.05, 0) is 147 Å². The molecule has 0 saturated heterocycles. The summed E-state index contributed by atoms with van der Waals surface area (Å²) in [4.78, 5) is 44.2. The summed E-state index contributed by atoms with van der Waals surface area (Å²) in [7, 11) is 0. The minimum absolute atomic E-state index is 0.372. The number of imidazole rings is 2. The Morgan fingerprint density at radius 3 is 1.51 bits per heavy atom. The highest BCUT2D eigenvalue weighted by atomic mass is 16.6. The summed E-state index contributed by atoms with van der Waals surface area (Å²) in [5, 5.41) is 13.3. The Bertz CT molecular complexity index is 3390. The van der Waals surface area contributed by atoms with Gasteiger partial charge in [0.25, 0.3) is 0 Å². The van der Waals surface area contributed by atoms with Gasteiger partial charge in [-0.25, -0.2) is 29.5 Å². The molecule has 2 fully saturated rings. The van der Waals surface area contributed by atoms with E-state index in [0.717, 1.165) is 135 Å². The van der Waals surface area contributed by atoms with Gasteiger partial charge in [0.2, 0.25) is 0 Å². The summed E-state index contributed by atoms with van der Waals surface area (Å²) in [6, 6.07) is 41.3. The second-order valence-electron chi connectivity index (χ2n) is 21.4. The number of para-hydroxylation sites is 2. The highest BCUT2D eigenvalue weighted by Crippen LogP contribution is 2.46. The first kappa shape index (κ1) is 47.1. The summed E-state index contributed by atoms with van der Waals surface area (Å²) in [6.07, 6.45) is 10.5. The van der Waals surface area contributed by atoms with Crippen LogP contribution < -0.4 is 21.3 Å². The zero-order valence-corrected chi connectivity index (χ0v) is 42.3. The van der Waals surface area contributed by atoms with Gasteiger partial charge in [0.05, 0.1) is 57.1 Å². The molecular formula is C59H60N10O4. The predicted octanol–water partition coefficient (Wildman–Crippen LogP) is 13.4. The molecule has 4 aromatic carbocycles. The minimum atomic E-state index is -0.533. The Balaban J connectivity index is 0.000000157. The molecule has 2 aliphatic heterocycles. The molecule has 2 saturated carbocycles. The van der Waals surface area contributed by atoms with Crippen molar-refractivity contribution in [2.75, 3.05) is 10.6 Å². The first-order valence-corrected chi connectivity index (χ1v) is 25.1. The fraction of sp³-hybridized carbons (Fsp3) is 0.288. The van der Waals surface area contributed by atoms with Gasteiger partial charge < -0.3 is 30.7 Å². The van der Waals surface area contributed by atoms with Crippen molar-refractivity contribution >= 4 is 35.2 Å². The van der Waals surface area contributed by atoms with Crippen LogP contribution >= 0.6 is 0 Å². The van der Waals surface area contributed by atoms with Gasteiger partial charge in [0.1, 0.15) is 22.9 Å². The van der Waals surface area contributed by atoms with Crippen molar-refractivity contribution < 1.29 is 19.1 Å². The topological polar surface area (TPSA) is 162 Å². The normalized spacial score (nSPS) is 15.3. The molecule has 370 valence electrons. The van der Waals surface area contributed by atoms with Gasteiger partial charge in [-0.2, -0.15) is 0 Å². The molecule has 0 radical (unpaired) electrons. The molecule has 14 nitrogen and oxygen atoms in total. The van der Waals surface area contributed by atoms with E-state index >= 15 is 0 Å². The number of hydrogen-bond acceptors (Lipinski definition) is 10. The Kier molecular flexibility index (Phi) is 11.7. The summed E-state index contributed by atoms with van der Waals surface area (Å²) < 4.78 is 15.4. The maximum Gasteiger partial charge on any atom is 0.408 e. The Labute approximate surface area is 425 Å². The molecule has 2 amide bonds. The number of aryl methyl sites for hydroxylation is 1. The molecule has 14 heteroatoms. The zero-order chi connectivity index (χ0) is 50.7. The number of ether oxygens (including phenoxy) is 2. The molecule has 0 bridgehead atoms. The third kappa shape index (κ3) is 8.95. The lowest BCUT2D eigenvalue weighted by Crippen LogP contribution is -2.52. The third-order valence-corrected chi connectivity index (χ3v) is 14.0.